The van der Waals surface area contributed by atoms with E-state index < -0.39 is 18.1 Å². The number of allylic oxidation sites excluding steroid dienone is 10. The Hall–Kier alpha value is -2.97. The number of nitrogens with zero attached hydrogens (tertiary/aromatic N) is 1. The molecule has 0 saturated carbocycles. The van der Waals surface area contributed by atoms with E-state index in [1.54, 1.807) is 21.1 Å². The Morgan fingerprint density at radius 2 is 1.22 bits per heavy atom. The first-order valence-corrected chi connectivity index (χ1v) is 17.3. The van der Waals surface area contributed by atoms with E-state index in [-0.39, 0.29) is 49.1 Å². The molecule has 46 heavy (non-hydrogen) atoms. The lowest BCUT2D eigenvalue weighted by Gasteiger charge is -2.34. The number of rotatable bonds is 29. The van der Waals surface area contributed by atoms with Crippen molar-refractivity contribution in [3.05, 3.63) is 60.8 Å². The molecule has 0 bridgehead atoms. The lowest BCUT2D eigenvalue weighted by molar-refractivity contribution is -0.889. The number of carboxylic acids is 1. The Morgan fingerprint density at radius 1 is 0.674 bits per heavy atom. The van der Waals surface area contributed by atoms with Crippen LogP contribution < -0.4 is 5.11 Å². The van der Waals surface area contributed by atoms with Crippen molar-refractivity contribution in [1.29, 1.82) is 0 Å². The van der Waals surface area contributed by atoms with Crippen LogP contribution >= 0.6 is 0 Å². The van der Waals surface area contributed by atoms with Gasteiger partial charge in [0.05, 0.1) is 40.3 Å². The number of aliphatic carboxylic acids is 1. The summed E-state index contributed by atoms with van der Waals surface area (Å²) in [6, 6.07) is -0.734. The van der Waals surface area contributed by atoms with Crippen molar-refractivity contribution in [3.63, 3.8) is 0 Å². The van der Waals surface area contributed by atoms with E-state index in [2.05, 4.69) is 74.6 Å². The maximum atomic E-state index is 12.5. The Morgan fingerprint density at radius 3 is 1.76 bits per heavy atom. The highest BCUT2D eigenvalue weighted by molar-refractivity contribution is 5.70. The van der Waals surface area contributed by atoms with Gasteiger partial charge in [0.25, 0.3) is 0 Å². The first kappa shape index (κ1) is 43.0. The number of ether oxygens (including phenoxy) is 3. The minimum atomic E-state index is -1.14. The molecule has 0 rings (SSSR count). The summed E-state index contributed by atoms with van der Waals surface area (Å²) in [5.41, 5.74) is 0. The van der Waals surface area contributed by atoms with E-state index in [0.717, 1.165) is 70.6 Å². The molecule has 0 aromatic carbocycles. The van der Waals surface area contributed by atoms with Crippen LogP contribution in [0.5, 0.6) is 0 Å². The summed E-state index contributed by atoms with van der Waals surface area (Å²) < 4.78 is 16.9. The van der Waals surface area contributed by atoms with Gasteiger partial charge in [0, 0.05) is 19.3 Å². The Bertz CT molecular complexity index is 943. The molecule has 2 unspecified atom stereocenters. The molecule has 0 aliphatic rings. The van der Waals surface area contributed by atoms with Gasteiger partial charge in [-0.25, -0.2) is 0 Å². The fraction of sp³-hybridized carbons (Fsp3) is 0.658. The molecule has 0 spiro atoms. The van der Waals surface area contributed by atoms with Crippen molar-refractivity contribution in [2.24, 2.45) is 0 Å². The molecule has 0 fully saturated rings. The molecule has 0 radical (unpaired) electrons. The predicted octanol–water partition coefficient (Wildman–Crippen LogP) is 6.96. The fourth-order valence-corrected chi connectivity index (χ4v) is 4.46. The standard InChI is InChI=1S/C38H63NO7/c1-6-8-10-12-13-14-15-16-17-18-19-20-21-22-23-25-27-29-37(41)46-34(33-45-36(40)28-26-24-11-9-7-2)32-44-31-30-35(38(42)43)39(3,4)5/h8,10,13-14,16-17,19-20,22-23,34-35H,6-7,9,11-12,15,18,21,24-33H2,1-5H3/b10-8-,14-13-,17-16-,20-19-,23-22-. The summed E-state index contributed by atoms with van der Waals surface area (Å²) >= 11 is 0. The van der Waals surface area contributed by atoms with Crippen molar-refractivity contribution in [2.75, 3.05) is 41.0 Å². The number of carboxylic acid groups (broad SMARTS) is 1. The van der Waals surface area contributed by atoms with Gasteiger partial charge >= 0.3 is 11.9 Å². The summed E-state index contributed by atoms with van der Waals surface area (Å²) in [5, 5.41) is 11.5. The van der Waals surface area contributed by atoms with E-state index >= 15 is 0 Å². The monoisotopic (exact) mass is 645 g/mol. The second-order valence-corrected chi connectivity index (χ2v) is 12.4. The first-order chi connectivity index (χ1) is 22.1. The zero-order chi connectivity index (χ0) is 34.3. The molecule has 0 saturated heterocycles. The zero-order valence-corrected chi connectivity index (χ0v) is 29.5. The van der Waals surface area contributed by atoms with Crippen molar-refractivity contribution in [1.82, 2.24) is 0 Å². The molecule has 0 aliphatic carbocycles. The van der Waals surface area contributed by atoms with Crippen molar-refractivity contribution in [2.45, 2.75) is 122 Å². The lowest BCUT2D eigenvalue weighted by Crippen LogP contribution is -2.55. The van der Waals surface area contributed by atoms with Crippen LogP contribution in [0.25, 0.3) is 0 Å². The third-order valence-electron chi connectivity index (χ3n) is 7.17. The highest BCUT2D eigenvalue weighted by Gasteiger charge is 2.25. The van der Waals surface area contributed by atoms with Crippen LogP contribution in [0.3, 0.4) is 0 Å². The summed E-state index contributed by atoms with van der Waals surface area (Å²) in [5.74, 6) is -1.84. The molecule has 8 heteroatoms. The molecule has 8 nitrogen and oxygen atoms in total. The van der Waals surface area contributed by atoms with Gasteiger partial charge in [0.15, 0.2) is 6.10 Å². The van der Waals surface area contributed by atoms with E-state index in [1.165, 1.54) is 0 Å². The van der Waals surface area contributed by atoms with Gasteiger partial charge in [-0.1, -0.05) is 100 Å². The number of likely N-dealkylation sites (N-methyl/N-ethyl adjacent to an activating group) is 1. The van der Waals surface area contributed by atoms with E-state index in [1.807, 2.05) is 0 Å². The van der Waals surface area contributed by atoms with Gasteiger partial charge in [0.2, 0.25) is 0 Å². The van der Waals surface area contributed by atoms with Crippen LogP contribution in [-0.2, 0) is 28.6 Å². The number of quaternary nitrogens is 1. The quantitative estimate of drug-likeness (QED) is 0.0375. The van der Waals surface area contributed by atoms with Crippen LogP contribution in [-0.4, -0.2) is 75.5 Å². The van der Waals surface area contributed by atoms with Crippen molar-refractivity contribution >= 4 is 17.9 Å². The Kier molecular flexibility index (Phi) is 27.5. The zero-order valence-electron chi connectivity index (χ0n) is 29.5. The molecular formula is C38H63NO7. The van der Waals surface area contributed by atoms with Gasteiger partial charge in [-0.2, -0.15) is 0 Å². The molecule has 0 aliphatic heterocycles. The summed E-state index contributed by atoms with van der Waals surface area (Å²) in [6.45, 7) is 4.36. The van der Waals surface area contributed by atoms with E-state index in [0.29, 0.717) is 12.8 Å². The maximum absolute atomic E-state index is 12.5. The average Bonchev–Trinajstić information content (AvgIpc) is 3.00. The van der Waals surface area contributed by atoms with Gasteiger partial charge in [0.1, 0.15) is 12.6 Å². The molecular weight excluding hydrogens is 582 g/mol. The van der Waals surface area contributed by atoms with Crippen LogP contribution in [0, 0.1) is 0 Å². The number of carbonyl (C=O) groups excluding carboxylic acids is 3. The van der Waals surface area contributed by atoms with Crippen LogP contribution in [0.2, 0.25) is 0 Å². The van der Waals surface area contributed by atoms with Crippen LogP contribution in [0.4, 0.5) is 0 Å². The van der Waals surface area contributed by atoms with Crippen LogP contribution in [0.1, 0.15) is 110 Å². The second kappa shape index (κ2) is 29.4. The molecule has 0 amide bonds. The summed E-state index contributed by atoms with van der Waals surface area (Å²) in [7, 11) is 5.35. The number of carbonyl (C=O) groups is 3. The fourth-order valence-electron chi connectivity index (χ4n) is 4.46. The highest BCUT2D eigenvalue weighted by Crippen LogP contribution is 2.10. The van der Waals surface area contributed by atoms with E-state index in [4.69, 9.17) is 14.2 Å². The van der Waals surface area contributed by atoms with Gasteiger partial charge < -0.3 is 28.6 Å². The third-order valence-corrected chi connectivity index (χ3v) is 7.17. The first-order valence-electron chi connectivity index (χ1n) is 17.3. The molecule has 0 heterocycles. The number of unbranched alkanes of at least 4 members (excludes halogenated alkanes) is 5. The van der Waals surface area contributed by atoms with Gasteiger partial charge in [-0.15, -0.1) is 0 Å². The highest BCUT2D eigenvalue weighted by atomic mass is 16.6. The number of hydrogen-bond acceptors (Lipinski definition) is 7. The topological polar surface area (TPSA) is 102 Å². The van der Waals surface area contributed by atoms with Gasteiger partial charge in [-0.3, -0.25) is 9.59 Å². The largest absolute Gasteiger partial charge is 0.544 e. The minimum absolute atomic E-state index is 0.0151. The van der Waals surface area contributed by atoms with Crippen molar-refractivity contribution < 1.29 is 38.2 Å². The molecule has 0 N–H and O–H groups in total. The molecule has 262 valence electrons. The third kappa shape index (κ3) is 27.3. The smallest absolute Gasteiger partial charge is 0.306 e. The predicted molar refractivity (Wildman–Crippen MR) is 185 cm³/mol. The van der Waals surface area contributed by atoms with Crippen molar-refractivity contribution in [3.8, 4) is 0 Å². The molecule has 0 aromatic heterocycles. The summed E-state index contributed by atoms with van der Waals surface area (Å²) in [6.07, 6.45) is 32.9. The average molecular weight is 646 g/mol. The Balaban J connectivity index is 4.50. The second-order valence-electron chi connectivity index (χ2n) is 12.4. The summed E-state index contributed by atoms with van der Waals surface area (Å²) in [4.78, 5) is 36.3. The number of esters is 2. The Labute approximate surface area is 279 Å². The minimum Gasteiger partial charge on any atom is -0.544 e. The SMILES string of the molecule is CC/C=C\C/C=C\C/C=C\C/C=C\C/C=C\CCCC(=O)OC(COCCC(C(=O)[O-])[N+](C)(C)C)COC(=O)CCCCCCC. The van der Waals surface area contributed by atoms with E-state index in [9.17, 15) is 19.5 Å². The lowest BCUT2D eigenvalue weighted by atomic mass is 10.1. The molecule has 0 aromatic rings. The van der Waals surface area contributed by atoms with Crippen LogP contribution in [0.15, 0.2) is 60.8 Å². The number of hydrogen-bond donors (Lipinski definition) is 0. The normalized spacial score (nSPS) is 13.8. The maximum Gasteiger partial charge on any atom is 0.306 e. The van der Waals surface area contributed by atoms with Gasteiger partial charge in [-0.05, 0) is 51.4 Å². The molecule has 2 atom stereocenters.